The molecule has 0 aliphatic carbocycles. The molecule has 0 saturated heterocycles. The van der Waals surface area contributed by atoms with Crippen molar-refractivity contribution in [3.05, 3.63) is 69.4 Å². The van der Waals surface area contributed by atoms with Gasteiger partial charge in [0, 0.05) is 23.0 Å². The topological polar surface area (TPSA) is 43.1 Å². The summed E-state index contributed by atoms with van der Waals surface area (Å²) in [5.74, 6) is -0.476. The average molecular weight is 322 g/mol. The van der Waals surface area contributed by atoms with Gasteiger partial charge >= 0.3 is 0 Å². The van der Waals surface area contributed by atoms with Gasteiger partial charge in [0.15, 0.2) is 5.78 Å². The minimum absolute atomic E-state index is 0.0489. The molecule has 0 aromatic heterocycles. The zero-order chi connectivity index (χ0) is 13.8. The average Bonchev–Trinajstić information content (AvgIpc) is 2.43. The number of benzene rings is 2. The lowest BCUT2D eigenvalue weighted by Crippen LogP contribution is -2.06. The van der Waals surface area contributed by atoms with Gasteiger partial charge in [-0.25, -0.2) is 4.39 Å². The molecule has 2 rings (SSSR count). The van der Waals surface area contributed by atoms with E-state index < -0.39 is 0 Å². The van der Waals surface area contributed by atoms with Crippen molar-refractivity contribution in [2.75, 3.05) is 0 Å². The molecule has 2 N–H and O–H groups in total. The summed E-state index contributed by atoms with van der Waals surface area (Å²) in [5.41, 5.74) is 7.42. The number of rotatable bonds is 4. The van der Waals surface area contributed by atoms with E-state index in [0.29, 0.717) is 17.7 Å². The molecule has 0 bridgehead atoms. The molecule has 0 fully saturated rings. The Morgan fingerprint density at radius 1 is 1.16 bits per heavy atom. The number of Topliss-reactive ketones (excluding diaryl/α,β-unsaturated/α-hetero) is 1. The van der Waals surface area contributed by atoms with Gasteiger partial charge in [0.25, 0.3) is 0 Å². The lowest BCUT2D eigenvalue weighted by atomic mass is 10.0. The fraction of sp³-hybridized carbons (Fsp3) is 0.133. The molecule has 2 aromatic carbocycles. The number of carbonyl (C=O) groups is 1. The van der Waals surface area contributed by atoms with E-state index in [4.69, 9.17) is 5.73 Å². The molecular weight excluding hydrogens is 309 g/mol. The molecule has 2 nitrogen and oxygen atoms in total. The van der Waals surface area contributed by atoms with Crippen molar-refractivity contribution in [1.29, 1.82) is 0 Å². The highest BCUT2D eigenvalue weighted by molar-refractivity contribution is 9.10. The Balaban J connectivity index is 2.18. The van der Waals surface area contributed by atoms with Crippen LogP contribution in [0.3, 0.4) is 0 Å². The van der Waals surface area contributed by atoms with Gasteiger partial charge in [-0.15, -0.1) is 0 Å². The van der Waals surface area contributed by atoms with Crippen LogP contribution in [-0.4, -0.2) is 5.78 Å². The second-order valence-electron chi connectivity index (χ2n) is 4.24. The van der Waals surface area contributed by atoms with Crippen molar-refractivity contribution in [3.63, 3.8) is 0 Å². The van der Waals surface area contributed by atoms with E-state index in [-0.39, 0.29) is 18.0 Å². The first-order chi connectivity index (χ1) is 9.10. The van der Waals surface area contributed by atoms with Gasteiger partial charge in [-0.2, -0.15) is 0 Å². The van der Waals surface area contributed by atoms with E-state index >= 15 is 0 Å². The number of hydrogen-bond donors (Lipinski definition) is 1. The second kappa shape index (κ2) is 6.08. The Hall–Kier alpha value is -1.52. The monoisotopic (exact) mass is 321 g/mol. The summed E-state index contributed by atoms with van der Waals surface area (Å²) in [4.78, 5) is 12.1. The van der Waals surface area contributed by atoms with Gasteiger partial charge in [-0.1, -0.05) is 40.2 Å². The van der Waals surface area contributed by atoms with Crippen LogP contribution in [-0.2, 0) is 13.0 Å². The van der Waals surface area contributed by atoms with Crippen molar-refractivity contribution < 1.29 is 9.18 Å². The molecule has 0 saturated carbocycles. The highest BCUT2D eigenvalue weighted by atomic mass is 79.9. The molecule has 0 heterocycles. The van der Waals surface area contributed by atoms with E-state index in [1.807, 2.05) is 12.1 Å². The number of ketones is 1. The van der Waals surface area contributed by atoms with Gasteiger partial charge in [-0.3, -0.25) is 4.79 Å². The quantitative estimate of drug-likeness (QED) is 0.876. The summed E-state index contributed by atoms with van der Waals surface area (Å²) in [5, 5.41) is 0. The molecule has 0 atom stereocenters. The van der Waals surface area contributed by atoms with E-state index in [1.54, 1.807) is 24.3 Å². The molecule has 4 heteroatoms. The van der Waals surface area contributed by atoms with Crippen molar-refractivity contribution in [3.8, 4) is 0 Å². The van der Waals surface area contributed by atoms with Crippen molar-refractivity contribution in [2.45, 2.75) is 13.0 Å². The van der Waals surface area contributed by atoms with Gasteiger partial charge < -0.3 is 5.73 Å². The van der Waals surface area contributed by atoms with Crippen molar-refractivity contribution in [2.24, 2.45) is 5.73 Å². The number of halogens is 2. The van der Waals surface area contributed by atoms with Gasteiger partial charge in [0.05, 0.1) is 0 Å². The van der Waals surface area contributed by atoms with Gasteiger partial charge in [0.1, 0.15) is 5.82 Å². The summed E-state index contributed by atoms with van der Waals surface area (Å²) in [6, 6.07) is 11.7. The Labute approximate surface area is 119 Å². The van der Waals surface area contributed by atoms with E-state index in [0.717, 1.165) is 10.0 Å². The number of hydrogen-bond acceptors (Lipinski definition) is 2. The molecular formula is C15H13BrFNO. The van der Waals surface area contributed by atoms with E-state index in [1.165, 1.54) is 6.07 Å². The Bertz CT molecular complexity index is 596. The molecule has 0 amide bonds. The largest absolute Gasteiger partial charge is 0.326 e. The van der Waals surface area contributed by atoms with Crippen LogP contribution in [0, 0.1) is 5.82 Å². The maximum Gasteiger partial charge on any atom is 0.167 e. The molecule has 98 valence electrons. The SMILES string of the molecule is NCc1ccc(C(=O)Cc2cc(Br)ccc2F)cc1. The minimum Gasteiger partial charge on any atom is -0.326 e. The first-order valence-electron chi connectivity index (χ1n) is 5.86. The smallest absolute Gasteiger partial charge is 0.167 e. The molecule has 0 unspecified atom stereocenters. The summed E-state index contributed by atoms with van der Waals surface area (Å²) >= 11 is 3.27. The third-order valence-corrected chi connectivity index (χ3v) is 3.36. The van der Waals surface area contributed by atoms with Crippen LogP contribution in [0.1, 0.15) is 21.5 Å². The number of carbonyl (C=O) groups excluding carboxylic acids is 1. The van der Waals surface area contributed by atoms with Crippen LogP contribution in [0.25, 0.3) is 0 Å². The molecule has 2 aromatic rings. The first-order valence-corrected chi connectivity index (χ1v) is 6.65. The predicted octanol–water partition coefficient (Wildman–Crippen LogP) is 3.47. The summed E-state index contributed by atoms with van der Waals surface area (Å²) in [6.07, 6.45) is 0.0489. The minimum atomic E-state index is -0.366. The molecule has 0 radical (unpaired) electrons. The Morgan fingerprint density at radius 2 is 1.84 bits per heavy atom. The zero-order valence-corrected chi connectivity index (χ0v) is 11.8. The van der Waals surface area contributed by atoms with Gasteiger partial charge in [-0.05, 0) is 29.3 Å². The fourth-order valence-electron chi connectivity index (χ4n) is 1.78. The summed E-state index contributed by atoms with van der Waals surface area (Å²) in [6.45, 7) is 0.439. The van der Waals surface area contributed by atoms with Gasteiger partial charge in [0.2, 0.25) is 0 Å². The standard InChI is InChI=1S/C15H13BrFNO/c16-13-5-6-14(17)12(7-13)8-15(19)11-3-1-10(9-18)2-4-11/h1-7H,8-9,18H2. The first kappa shape index (κ1) is 13.9. The summed E-state index contributed by atoms with van der Waals surface area (Å²) in [7, 11) is 0. The van der Waals surface area contributed by atoms with E-state index in [9.17, 15) is 9.18 Å². The van der Waals surface area contributed by atoms with Crippen LogP contribution < -0.4 is 5.73 Å². The van der Waals surface area contributed by atoms with Crippen LogP contribution in [0.2, 0.25) is 0 Å². The fourth-order valence-corrected chi connectivity index (χ4v) is 2.19. The molecule has 0 aliphatic heterocycles. The van der Waals surface area contributed by atoms with Crippen LogP contribution in [0.15, 0.2) is 46.9 Å². The molecule has 19 heavy (non-hydrogen) atoms. The Kier molecular flexibility index (Phi) is 4.45. The van der Waals surface area contributed by atoms with Crippen molar-refractivity contribution in [1.82, 2.24) is 0 Å². The lowest BCUT2D eigenvalue weighted by Gasteiger charge is -2.05. The lowest BCUT2D eigenvalue weighted by molar-refractivity contribution is 0.0992. The van der Waals surface area contributed by atoms with E-state index in [2.05, 4.69) is 15.9 Å². The molecule has 0 spiro atoms. The highest BCUT2D eigenvalue weighted by Gasteiger charge is 2.11. The summed E-state index contributed by atoms with van der Waals surface area (Å²) < 4.78 is 14.3. The highest BCUT2D eigenvalue weighted by Crippen LogP contribution is 2.17. The maximum atomic E-state index is 13.6. The molecule has 0 aliphatic rings. The normalized spacial score (nSPS) is 10.5. The second-order valence-corrected chi connectivity index (χ2v) is 5.15. The number of nitrogens with two attached hydrogens (primary N) is 1. The maximum absolute atomic E-state index is 13.6. The Morgan fingerprint density at radius 3 is 2.47 bits per heavy atom. The third-order valence-electron chi connectivity index (χ3n) is 2.87. The van der Waals surface area contributed by atoms with Crippen LogP contribution in [0.5, 0.6) is 0 Å². The predicted molar refractivity (Wildman–Crippen MR) is 76.5 cm³/mol. The van der Waals surface area contributed by atoms with Crippen LogP contribution >= 0.6 is 15.9 Å². The van der Waals surface area contributed by atoms with Crippen molar-refractivity contribution >= 4 is 21.7 Å². The third kappa shape index (κ3) is 3.49. The van der Waals surface area contributed by atoms with Crippen LogP contribution in [0.4, 0.5) is 4.39 Å². The zero-order valence-electron chi connectivity index (χ0n) is 10.2.